The number of thiazole rings is 2. The van der Waals surface area contributed by atoms with Crippen LogP contribution >= 0.6 is 58.0 Å². The molecule has 7 nitrogen and oxygen atoms in total. The van der Waals surface area contributed by atoms with Crippen molar-refractivity contribution in [3.63, 3.8) is 0 Å². The first-order valence-corrected chi connectivity index (χ1v) is 14.2. The molecule has 0 unspecified atom stereocenters. The van der Waals surface area contributed by atoms with Gasteiger partial charge in [0.15, 0.2) is 24.1 Å². The van der Waals surface area contributed by atoms with Gasteiger partial charge in [0.2, 0.25) is 0 Å². The van der Waals surface area contributed by atoms with Gasteiger partial charge in [-0.1, -0.05) is 42.6 Å². The van der Waals surface area contributed by atoms with Crippen LogP contribution in [0.2, 0.25) is 0 Å². The minimum absolute atomic E-state index is 0.238. The van der Waals surface area contributed by atoms with E-state index in [1.54, 1.807) is 22.7 Å². The van der Waals surface area contributed by atoms with E-state index in [0.29, 0.717) is 21.2 Å². The van der Waals surface area contributed by atoms with Gasteiger partial charge >= 0.3 is 5.97 Å². The molecule has 5 rings (SSSR count). The van der Waals surface area contributed by atoms with Crippen molar-refractivity contribution in [3.8, 4) is 0 Å². The molecule has 2 aromatic carbocycles. The molecule has 12 heteroatoms. The van der Waals surface area contributed by atoms with Crippen molar-refractivity contribution in [2.75, 3.05) is 12.4 Å². The van der Waals surface area contributed by atoms with Gasteiger partial charge in [0.25, 0.3) is 0 Å². The third-order valence-electron chi connectivity index (χ3n) is 4.21. The molecule has 3 aromatic heterocycles. The Balaban J connectivity index is 1.39. The van der Waals surface area contributed by atoms with Crippen LogP contribution in [0.1, 0.15) is 0 Å². The summed E-state index contributed by atoms with van der Waals surface area (Å²) in [7, 11) is 0. The molecule has 0 fully saturated rings. The summed E-state index contributed by atoms with van der Waals surface area (Å²) in [6, 6.07) is 16.0. The molecule has 0 saturated heterocycles. The van der Waals surface area contributed by atoms with E-state index in [1.165, 1.54) is 35.3 Å². The highest BCUT2D eigenvalue weighted by molar-refractivity contribution is 8.02. The highest BCUT2D eigenvalue weighted by Crippen LogP contribution is 2.36. The maximum absolute atomic E-state index is 11.3. The zero-order valence-electron chi connectivity index (χ0n) is 17.4. The molecule has 34 heavy (non-hydrogen) atoms. The fourth-order valence-electron chi connectivity index (χ4n) is 2.76. The molecule has 5 aromatic rings. The fraction of sp³-hybridized carbons (Fsp3) is 0.0909. The Bertz CT molecular complexity index is 1320. The van der Waals surface area contributed by atoms with Crippen LogP contribution in [0.4, 0.5) is 0 Å². The van der Waals surface area contributed by atoms with E-state index in [1.807, 2.05) is 48.5 Å². The number of benzene rings is 2. The van der Waals surface area contributed by atoms with Crippen molar-refractivity contribution in [2.24, 2.45) is 0 Å². The maximum atomic E-state index is 11.3. The molecule has 0 saturated carbocycles. The third kappa shape index (κ3) is 5.76. The van der Waals surface area contributed by atoms with Crippen molar-refractivity contribution in [1.29, 1.82) is 0 Å². The summed E-state index contributed by atoms with van der Waals surface area (Å²) in [5.74, 6) is 0.0653. The molecule has 0 bridgehead atoms. The molecular formula is C22H15N5O2S5. The number of para-hydroxylation sites is 2. The quantitative estimate of drug-likeness (QED) is 0.0927. The summed E-state index contributed by atoms with van der Waals surface area (Å²) in [6.07, 6.45) is 1.15. The Kier molecular flexibility index (Phi) is 7.40. The fourth-order valence-corrected chi connectivity index (χ4v) is 7.42. The lowest BCUT2D eigenvalue weighted by Gasteiger charge is -2.05. The van der Waals surface area contributed by atoms with E-state index >= 15 is 0 Å². The van der Waals surface area contributed by atoms with Crippen LogP contribution in [0.25, 0.3) is 20.4 Å². The zero-order valence-corrected chi connectivity index (χ0v) is 21.5. The predicted molar refractivity (Wildman–Crippen MR) is 139 cm³/mol. The van der Waals surface area contributed by atoms with Crippen LogP contribution in [0, 0.1) is 0 Å². The zero-order chi connectivity index (χ0) is 23.3. The van der Waals surface area contributed by atoms with E-state index in [0.717, 1.165) is 35.2 Å². The largest absolute Gasteiger partial charge is 0.462 e. The normalized spacial score (nSPS) is 11.2. The van der Waals surface area contributed by atoms with E-state index in [-0.39, 0.29) is 6.61 Å². The molecule has 0 aliphatic carbocycles. The maximum Gasteiger partial charge on any atom is 0.330 e. The Morgan fingerprint density at radius 2 is 1.35 bits per heavy atom. The second kappa shape index (κ2) is 10.8. The van der Waals surface area contributed by atoms with Gasteiger partial charge in [-0.05, 0) is 47.8 Å². The standard InChI is InChI=1S/C22H15N5O2S5/c1-2-17(28)29-11-12-30-18-25-19(33-21-23-13-7-3-5-9-15(13)31-21)27-20(26-18)34-22-24-14-8-4-6-10-16(14)32-22/h2-10H,1,11-12H2. The van der Waals surface area contributed by atoms with Gasteiger partial charge in [-0.2, -0.15) is 15.0 Å². The number of carbonyl (C=O) groups excluding carboxylic acids is 1. The van der Waals surface area contributed by atoms with Gasteiger partial charge in [0.1, 0.15) is 6.61 Å². The summed E-state index contributed by atoms with van der Waals surface area (Å²) in [4.78, 5) is 34.5. The van der Waals surface area contributed by atoms with E-state index in [9.17, 15) is 4.79 Å². The van der Waals surface area contributed by atoms with E-state index < -0.39 is 5.97 Å². The summed E-state index contributed by atoms with van der Waals surface area (Å²) >= 11 is 7.41. The van der Waals surface area contributed by atoms with Gasteiger partial charge in [0.05, 0.1) is 20.4 Å². The van der Waals surface area contributed by atoms with Crippen LogP contribution < -0.4 is 0 Å². The minimum Gasteiger partial charge on any atom is -0.462 e. The summed E-state index contributed by atoms with van der Waals surface area (Å²) in [6.45, 7) is 3.64. The lowest BCUT2D eigenvalue weighted by molar-refractivity contribution is -0.137. The van der Waals surface area contributed by atoms with Crippen molar-refractivity contribution >= 4 is 84.4 Å². The molecule has 170 valence electrons. The predicted octanol–water partition coefficient (Wildman–Crippen LogP) is 6.21. The summed E-state index contributed by atoms with van der Waals surface area (Å²) in [5, 5.41) is 1.67. The molecule has 3 heterocycles. The Hall–Kier alpha value is -2.51. The first-order valence-electron chi connectivity index (χ1n) is 9.91. The molecule has 0 atom stereocenters. The number of esters is 1. The monoisotopic (exact) mass is 541 g/mol. The average Bonchev–Trinajstić information content (AvgIpc) is 3.44. The van der Waals surface area contributed by atoms with Crippen LogP contribution in [0.5, 0.6) is 0 Å². The van der Waals surface area contributed by atoms with E-state index in [2.05, 4.69) is 31.5 Å². The van der Waals surface area contributed by atoms with Crippen LogP contribution in [0.15, 0.2) is 85.3 Å². The lowest BCUT2D eigenvalue weighted by Crippen LogP contribution is -2.04. The number of nitrogens with zero attached hydrogens (tertiary/aromatic N) is 5. The first kappa shape index (κ1) is 23.2. The van der Waals surface area contributed by atoms with Crippen molar-refractivity contribution in [2.45, 2.75) is 24.1 Å². The summed E-state index contributed by atoms with van der Waals surface area (Å²) in [5.41, 5.74) is 1.90. The van der Waals surface area contributed by atoms with Gasteiger partial charge < -0.3 is 4.74 Å². The van der Waals surface area contributed by atoms with Crippen molar-refractivity contribution < 1.29 is 9.53 Å². The Morgan fingerprint density at radius 1 is 0.824 bits per heavy atom. The average molecular weight is 542 g/mol. The smallest absolute Gasteiger partial charge is 0.330 e. The second-order valence-corrected chi connectivity index (χ2v) is 12.1. The highest BCUT2D eigenvalue weighted by atomic mass is 32.2. The van der Waals surface area contributed by atoms with Gasteiger partial charge in [-0.25, -0.2) is 14.8 Å². The molecule has 0 aliphatic rings. The molecular weight excluding hydrogens is 527 g/mol. The molecule has 0 amide bonds. The Labute approximate surface area is 215 Å². The number of carbonyl (C=O) groups is 1. The lowest BCUT2D eigenvalue weighted by atomic mass is 10.3. The molecule has 0 aliphatic heterocycles. The SMILES string of the molecule is C=CC(=O)OCCSc1nc(Sc2nc3ccccc3s2)nc(Sc2nc3ccccc3s2)n1. The van der Waals surface area contributed by atoms with Crippen LogP contribution in [-0.2, 0) is 9.53 Å². The molecule has 0 radical (unpaired) electrons. The summed E-state index contributed by atoms with van der Waals surface area (Å²) < 4.78 is 9.00. The Morgan fingerprint density at radius 3 is 1.88 bits per heavy atom. The van der Waals surface area contributed by atoms with Gasteiger partial charge in [0, 0.05) is 11.8 Å². The molecule has 0 spiro atoms. The molecule has 0 N–H and O–H groups in total. The number of thioether (sulfide) groups is 1. The number of ether oxygens (including phenoxy) is 1. The first-order chi connectivity index (χ1) is 16.7. The van der Waals surface area contributed by atoms with Crippen LogP contribution in [0.3, 0.4) is 0 Å². The number of aromatic nitrogens is 5. The van der Waals surface area contributed by atoms with Crippen LogP contribution in [-0.4, -0.2) is 43.2 Å². The second-order valence-electron chi connectivity index (χ2n) is 6.50. The topological polar surface area (TPSA) is 90.8 Å². The van der Waals surface area contributed by atoms with Gasteiger partial charge in [-0.3, -0.25) is 0 Å². The number of hydrogen-bond acceptors (Lipinski definition) is 12. The van der Waals surface area contributed by atoms with E-state index in [4.69, 9.17) is 4.74 Å². The number of rotatable bonds is 9. The van der Waals surface area contributed by atoms with Crippen molar-refractivity contribution in [1.82, 2.24) is 24.9 Å². The number of hydrogen-bond donors (Lipinski definition) is 0. The van der Waals surface area contributed by atoms with Gasteiger partial charge in [-0.15, -0.1) is 22.7 Å². The minimum atomic E-state index is -0.449. The highest BCUT2D eigenvalue weighted by Gasteiger charge is 2.15. The number of fused-ring (bicyclic) bond motifs is 2. The third-order valence-corrected chi connectivity index (χ3v) is 8.94. The van der Waals surface area contributed by atoms with Crippen molar-refractivity contribution in [3.05, 3.63) is 61.2 Å².